The largest absolute Gasteiger partial charge is 0.346 e. The number of aryl methyl sites for hydroxylation is 2. The van der Waals surface area contributed by atoms with Crippen LogP contribution in [0.4, 0.5) is 10.3 Å². The lowest BCUT2D eigenvalue weighted by molar-refractivity contribution is 0.409. The third-order valence-corrected chi connectivity index (χ3v) is 4.75. The van der Waals surface area contributed by atoms with E-state index >= 15 is 0 Å². The van der Waals surface area contributed by atoms with Gasteiger partial charge in [-0.2, -0.15) is 0 Å². The molecule has 122 valence electrons. The van der Waals surface area contributed by atoms with E-state index in [0.717, 1.165) is 5.56 Å². The minimum Gasteiger partial charge on any atom is -0.346 e. The Morgan fingerprint density at radius 1 is 1.12 bits per heavy atom. The van der Waals surface area contributed by atoms with E-state index in [-0.39, 0.29) is 17.9 Å². The van der Waals surface area contributed by atoms with Gasteiger partial charge in [-0.3, -0.25) is 0 Å². The number of nitrogens with zero attached hydrogens (tertiary/aromatic N) is 4. The molecule has 3 aromatic rings. The summed E-state index contributed by atoms with van der Waals surface area (Å²) in [4.78, 5) is 0. The monoisotopic (exact) mass is 323 g/mol. The molecule has 0 fully saturated rings. The van der Waals surface area contributed by atoms with Crippen LogP contribution in [0.15, 0.2) is 42.5 Å². The Balaban J connectivity index is 1.76. The minimum atomic E-state index is -0.232. The lowest BCUT2D eigenvalue weighted by Crippen LogP contribution is -2.28. The molecule has 0 spiro atoms. The van der Waals surface area contributed by atoms with Crippen molar-refractivity contribution >= 4 is 5.95 Å². The highest BCUT2D eigenvalue weighted by atomic mass is 19.1. The van der Waals surface area contributed by atoms with Gasteiger partial charge in [0, 0.05) is 5.56 Å². The van der Waals surface area contributed by atoms with Gasteiger partial charge in [0.1, 0.15) is 5.82 Å². The topological polar surface area (TPSA) is 55.6 Å². The van der Waals surface area contributed by atoms with Gasteiger partial charge in [0.25, 0.3) is 0 Å². The van der Waals surface area contributed by atoms with Gasteiger partial charge in [0.2, 0.25) is 5.95 Å². The molecule has 1 aliphatic heterocycles. The van der Waals surface area contributed by atoms with Crippen molar-refractivity contribution in [2.75, 3.05) is 5.32 Å². The molecule has 2 atom stereocenters. The third kappa shape index (κ3) is 2.44. The predicted molar refractivity (Wildman–Crippen MR) is 89.3 cm³/mol. The molecule has 5 nitrogen and oxygen atoms in total. The van der Waals surface area contributed by atoms with Crippen LogP contribution >= 0.6 is 0 Å². The van der Waals surface area contributed by atoms with Crippen LogP contribution in [0.3, 0.4) is 0 Å². The van der Waals surface area contributed by atoms with Crippen molar-refractivity contribution in [3.63, 3.8) is 0 Å². The lowest BCUT2D eigenvalue weighted by atomic mass is 9.91. The second-order valence-electron chi connectivity index (χ2n) is 6.26. The highest BCUT2D eigenvalue weighted by Gasteiger charge is 2.32. The maximum atomic E-state index is 14.3. The van der Waals surface area contributed by atoms with E-state index in [1.165, 1.54) is 17.2 Å². The van der Waals surface area contributed by atoms with Gasteiger partial charge in [-0.05, 0) is 53.5 Å². The van der Waals surface area contributed by atoms with E-state index in [1.54, 1.807) is 16.8 Å². The molecule has 0 amide bonds. The molecular formula is C18H18FN5. The summed E-state index contributed by atoms with van der Waals surface area (Å²) in [6, 6.07) is 13.0. The zero-order valence-corrected chi connectivity index (χ0v) is 13.6. The van der Waals surface area contributed by atoms with Crippen molar-refractivity contribution in [1.29, 1.82) is 0 Å². The first-order chi connectivity index (χ1) is 11.6. The first kappa shape index (κ1) is 14.8. The van der Waals surface area contributed by atoms with E-state index in [9.17, 15) is 4.39 Å². The summed E-state index contributed by atoms with van der Waals surface area (Å²) in [5.74, 6) is 0.336. The fourth-order valence-electron chi connectivity index (χ4n) is 3.24. The zero-order valence-electron chi connectivity index (χ0n) is 13.6. The average Bonchev–Trinajstić information content (AvgIpc) is 3.05. The number of benzene rings is 2. The number of anilines is 1. The Hall–Kier alpha value is -2.76. The van der Waals surface area contributed by atoms with E-state index in [0.29, 0.717) is 17.9 Å². The van der Waals surface area contributed by atoms with Crippen molar-refractivity contribution in [3.05, 3.63) is 70.5 Å². The molecule has 6 heteroatoms. The molecule has 1 N–H and O–H groups in total. The minimum absolute atomic E-state index is 0.0346. The maximum Gasteiger partial charge on any atom is 0.243 e. The van der Waals surface area contributed by atoms with Crippen molar-refractivity contribution in [2.24, 2.45) is 0 Å². The molecule has 0 unspecified atom stereocenters. The predicted octanol–water partition coefficient (Wildman–Crippen LogP) is 3.58. The number of hydrogen-bond donors (Lipinski definition) is 1. The van der Waals surface area contributed by atoms with Crippen LogP contribution in [0.2, 0.25) is 0 Å². The van der Waals surface area contributed by atoms with Gasteiger partial charge in [0.15, 0.2) is 0 Å². The average molecular weight is 323 g/mol. The molecule has 1 aliphatic rings. The second-order valence-corrected chi connectivity index (χ2v) is 6.26. The molecule has 24 heavy (non-hydrogen) atoms. The number of nitrogens with one attached hydrogen (secondary N) is 1. The van der Waals surface area contributed by atoms with Gasteiger partial charge in [-0.15, -0.1) is 0 Å². The quantitative estimate of drug-likeness (QED) is 0.783. The van der Waals surface area contributed by atoms with Gasteiger partial charge < -0.3 is 5.32 Å². The summed E-state index contributed by atoms with van der Waals surface area (Å²) < 4.78 is 16.0. The SMILES string of the molecule is Cc1ccc([C@@H]2C[C@H](c3ccccc3F)n3nnnc3N2)cc1C. The van der Waals surface area contributed by atoms with Crippen LogP contribution in [0.25, 0.3) is 0 Å². The first-order valence-electron chi connectivity index (χ1n) is 7.99. The molecular weight excluding hydrogens is 305 g/mol. The van der Waals surface area contributed by atoms with E-state index in [4.69, 9.17) is 0 Å². The molecule has 2 heterocycles. The number of fused-ring (bicyclic) bond motifs is 1. The first-order valence-corrected chi connectivity index (χ1v) is 7.99. The smallest absolute Gasteiger partial charge is 0.243 e. The lowest BCUT2D eigenvalue weighted by Gasteiger charge is -2.31. The number of hydrogen-bond acceptors (Lipinski definition) is 4. The van der Waals surface area contributed by atoms with Crippen molar-refractivity contribution in [3.8, 4) is 0 Å². The zero-order chi connectivity index (χ0) is 16.7. The van der Waals surface area contributed by atoms with Gasteiger partial charge >= 0.3 is 0 Å². The van der Waals surface area contributed by atoms with Gasteiger partial charge in [0.05, 0.1) is 12.1 Å². The van der Waals surface area contributed by atoms with Crippen LogP contribution in [0.5, 0.6) is 0 Å². The van der Waals surface area contributed by atoms with Crippen LogP contribution in [0, 0.1) is 19.7 Å². The highest BCUT2D eigenvalue weighted by Crippen LogP contribution is 2.38. The molecule has 0 saturated heterocycles. The van der Waals surface area contributed by atoms with Crippen molar-refractivity contribution in [1.82, 2.24) is 20.2 Å². The fourth-order valence-corrected chi connectivity index (χ4v) is 3.24. The Morgan fingerprint density at radius 3 is 2.75 bits per heavy atom. The molecule has 1 aromatic heterocycles. The van der Waals surface area contributed by atoms with E-state index in [2.05, 4.69) is 52.9 Å². The Kier molecular flexibility index (Phi) is 3.52. The highest BCUT2D eigenvalue weighted by molar-refractivity contribution is 5.40. The van der Waals surface area contributed by atoms with Crippen LogP contribution in [0.1, 0.15) is 40.8 Å². The van der Waals surface area contributed by atoms with E-state index in [1.807, 2.05) is 6.07 Å². The van der Waals surface area contributed by atoms with Crippen molar-refractivity contribution < 1.29 is 4.39 Å². The molecule has 2 aromatic carbocycles. The Labute approximate surface area is 139 Å². The van der Waals surface area contributed by atoms with Gasteiger partial charge in [-0.25, -0.2) is 9.07 Å². The summed E-state index contributed by atoms with van der Waals surface area (Å²) in [5, 5.41) is 15.2. The summed E-state index contributed by atoms with van der Waals surface area (Å²) in [6.07, 6.45) is 0.682. The summed E-state index contributed by atoms with van der Waals surface area (Å²) in [5.41, 5.74) is 4.27. The molecule has 0 radical (unpaired) electrons. The van der Waals surface area contributed by atoms with Crippen LogP contribution in [-0.2, 0) is 0 Å². The molecule has 0 saturated carbocycles. The third-order valence-electron chi connectivity index (χ3n) is 4.75. The molecule has 0 aliphatic carbocycles. The van der Waals surface area contributed by atoms with Gasteiger partial charge in [-0.1, -0.05) is 41.5 Å². The Bertz CT molecular complexity index is 889. The number of rotatable bonds is 2. The molecule has 4 rings (SSSR count). The number of tetrazole rings is 1. The molecule has 0 bridgehead atoms. The number of halogens is 1. The van der Waals surface area contributed by atoms with Crippen LogP contribution < -0.4 is 5.32 Å². The normalized spacial score (nSPS) is 19.6. The standard InChI is InChI=1S/C18H18FN5/c1-11-7-8-13(9-12(11)2)16-10-17(14-5-3-4-6-15(14)19)24-18(20-16)21-22-23-24/h3-9,16-17H,10H2,1-2H3,(H,20,21,23)/t16-,17+/m0/s1. The summed E-state index contributed by atoms with van der Waals surface area (Å²) in [7, 11) is 0. The van der Waals surface area contributed by atoms with Crippen molar-refractivity contribution in [2.45, 2.75) is 32.4 Å². The fraction of sp³-hybridized carbons (Fsp3) is 0.278. The summed E-state index contributed by atoms with van der Waals surface area (Å²) >= 11 is 0. The van der Waals surface area contributed by atoms with Crippen LogP contribution in [-0.4, -0.2) is 20.2 Å². The van der Waals surface area contributed by atoms with E-state index < -0.39 is 0 Å². The summed E-state index contributed by atoms with van der Waals surface area (Å²) in [6.45, 7) is 4.19. The maximum absolute atomic E-state index is 14.3. The Morgan fingerprint density at radius 2 is 1.96 bits per heavy atom. The second kappa shape index (κ2) is 5.70. The number of aromatic nitrogens is 4.